The first-order valence-electron chi connectivity index (χ1n) is 6.17. The lowest BCUT2D eigenvalue weighted by molar-refractivity contribution is 0.1000. The van der Waals surface area contributed by atoms with E-state index in [0.29, 0.717) is 17.6 Å². The predicted octanol–water partition coefficient (Wildman–Crippen LogP) is 0.660. The average Bonchev–Trinajstić information content (AvgIpc) is 2.38. The van der Waals surface area contributed by atoms with Gasteiger partial charge in [0.15, 0.2) is 0 Å². The number of primary amides is 1. The highest BCUT2D eigenvalue weighted by atomic mass is 79.9. The van der Waals surface area contributed by atoms with E-state index in [4.69, 9.17) is 11.5 Å². The first kappa shape index (κ1) is 15.4. The van der Waals surface area contributed by atoms with Crippen molar-refractivity contribution in [1.29, 1.82) is 0 Å². The summed E-state index contributed by atoms with van der Waals surface area (Å²) in [5.74, 6) is -0.668. The lowest BCUT2D eigenvalue weighted by atomic mass is 10.1. The Balaban J connectivity index is 2.41. The van der Waals surface area contributed by atoms with Crippen molar-refractivity contribution >= 4 is 31.9 Å². The molecule has 8 heteroatoms. The van der Waals surface area contributed by atoms with E-state index in [1.165, 1.54) is 22.5 Å². The van der Waals surface area contributed by atoms with Crippen LogP contribution in [-0.4, -0.2) is 37.8 Å². The number of rotatable bonds is 3. The molecular weight excluding hydrogens is 346 g/mol. The molecule has 0 saturated carbocycles. The van der Waals surface area contributed by atoms with Crippen molar-refractivity contribution in [3.8, 4) is 0 Å². The van der Waals surface area contributed by atoms with Gasteiger partial charge in [-0.3, -0.25) is 4.79 Å². The Kier molecular flexibility index (Phi) is 4.48. The van der Waals surface area contributed by atoms with Gasteiger partial charge in [0, 0.05) is 29.2 Å². The second-order valence-corrected chi connectivity index (χ2v) is 7.66. The Labute approximate surface area is 126 Å². The summed E-state index contributed by atoms with van der Waals surface area (Å²) in [4.78, 5) is 11.3. The molecule has 1 aromatic rings. The highest BCUT2D eigenvalue weighted by Gasteiger charge is 2.29. The van der Waals surface area contributed by atoms with Gasteiger partial charge in [-0.05, 0) is 31.0 Å². The summed E-state index contributed by atoms with van der Waals surface area (Å²) in [7, 11) is -3.66. The molecule has 1 aliphatic heterocycles. The first-order valence-corrected chi connectivity index (χ1v) is 8.40. The van der Waals surface area contributed by atoms with E-state index in [-0.39, 0.29) is 16.5 Å². The van der Waals surface area contributed by atoms with E-state index in [1.807, 2.05) is 0 Å². The minimum Gasteiger partial charge on any atom is -0.366 e. The number of piperidine rings is 1. The fraction of sp³-hybridized carbons (Fsp3) is 0.417. The summed E-state index contributed by atoms with van der Waals surface area (Å²) in [6.45, 7) is 0.731. The summed E-state index contributed by atoms with van der Waals surface area (Å²) in [6, 6.07) is 4.09. The van der Waals surface area contributed by atoms with Gasteiger partial charge in [0.25, 0.3) is 0 Å². The number of carbonyl (C=O) groups is 1. The van der Waals surface area contributed by atoms with E-state index in [2.05, 4.69) is 15.9 Å². The molecule has 0 radical (unpaired) electrons. The molecule has 1 atom stereocenters. The van der Waals surface area contributed by atoms with E-state index < -0.39 is 15.9 Å². The van der Waals surface area contributed by atoms with Crippen LogP contribution in [0.4, 0.5) is 0 Å². The van der Waals surface area contributed by atoms with Crippen molar-refractivity contribution in [1.82, 2.24) is 4.31 Å². The summed E-state index contributed by atoms with van der Waals surface area (Å²) in [5, 5.41) is 0. The van der Waals surface area contributed by atoms with Crippen LogP contribution in [0.15, 0.2) is 27.6 Å². The van der Waals surface area contributed by atoms with E-state index >= 15 is 0 Å². The zero-order valence-electron chi connectivity index (χ0n) is 10.8. The van der Waals surface area contributed by atoms with E-state index in [0.717, 1.165) is 12.8 Å². The van der Waals surface area contributed by atoms with Crippen LogP contribution >= 0.6 is 15.9 Å². The van der Waals surface area contributed by atoms with Gasteiger partial charge in [0.1, 0.15) is 0 Å². The number of sulfonamides is 1. The minimum atomic E-state index is -3.66. The van der Waals surface area contributed by atoms with E-state index in [1.54, 1.807) is 0 Å². The number of benzene rings is 1. The number of hydrogen-bond donors (Lipinski definition) is 2. The smallest absolute Gasteiger partial charge is 0.248 e. The molecule has 20 heavy (non-hydrogen) atoms. The second-order valence-electron chi connectivity index (χ2n) is 4.81. The van der Waals surface area contributed by atoms with Gasteiger partial charge in [0.2, 0.25) is 15.9 Å². The van der Waals surface area contributed by atoms with Crippen molar-refractivity contribution in [3.05, 3.63) is 28.2 Å². The normalized spacial score (nSPS) is 20.8. The van der Waals surface area contributed by atoms with Gasteiger partial charge in [-0.1, -0.05) is 15.9 Å². The molecular formula is C12H16BrN3O3S. The van der Waals surface area contributed by atoms with Crippen LogP contribution in [0.5, 0.6) is 0 Å². The summed E-state index contributed by atoms with van der Waals surface area (Å²) in [5.41, 5.74) is 11.2. The summed E-state index contributed by atoms with van der Waals surface area (Å²) >= 11 is 3.19. The third-order valence-corrected chi connectivity index (χ3v) is 5.51. The topological polar surface area (TPSA) is 106 Å². The third kappa shape index (κ3) is 3.20. The number of nitrogens with two attached hydrogens (primary N) is 2. The molecule has 1 aromatic carbocycles. The molecule has 1 amide bonds. The fourth-order valence-electron chi connectivity index (χ4n) is 2.20. The average molecular weight is 362 g/mol. The maximum atomic E-state index is 12.6. The molecule has 0 spiro atoms. The van der Waals surface area contributed by atoms with Gasteiger partial charge in [-0.15, -0.1) is 0 Å². The largest absolute Gasteiger partial charge is 0.366 e. The first-order chi connectivity index (χ1) is 9.30. The molecule has 0 aliphatic carbocycles. The monoisotopic (exact) mass is 361 g/mol. The maximum Gasteiger partial charge on any atom is 0.248 e. The number of halogens is 1. The molecule has 0 bridgehead atoms. The highest BCUT2D eigenvalue weighted by Crippen LogP contribution is 2.24. The van der Waals surface area contributed by atoms with Crippen LogP contribution < -0.4 is 11.5 Å². The molecule has 4 N–H and O–H groups in total. The molecule has 1 fully saturated rings. The summed E-state index contributed by atoms with van der Waals surface area (Å²) in [6.07, 6.45) is 1.55. The molecule has 110 valence electrons. The molecule has 1 aliphatic rings. The highest BCUT2D eigenvalue weighted by molar-refractivity contribution is 9.10. The fourth-order valence-corrected chi connectivity index (χ4v) is 4.45. The van der Waals surface area contributed by atoms with Crippen LogP contribution in [0.25, 0.3) is 0 Å². The van der Waals surface area contributed by atoms with Crippen LogP contribution in [0.2, 0.25) is 0 Å². The molecule has 2 rings (SSSR count). The third-order valence-electron chi connectivity index (χ3n) is 3.21. The van der Waals surface area contributed by atoms with Gasteiger partial charge in [-0.25, -0.2) is 8.42 Å². The molecule has 0 unspecified atom stereocenters. The second kappa shape index (κ2) is 5.80. The van der Waals surface area contributed by atoms with E-state index in [9.17, 15) is 13.2 Å². The maximum absolute atomic E-state index is 12.6. The van der Waals surface area contributed by atoms with Crippen molar-refractivity contribution in [3.63, 3.8) is 0 Å². The van der Waals surface area contributed by atoms with Crippen LogP contribution in [0.1, 0.15) is 23.2 Å². The molecule has 1 saturated heterocycles. The van der Waals surface area contributed by atoms with Gasteiger partial charge in [0.05, 0.1) is 4.90 Å². The molecule has 1 heterocycles. The quantitative estimate of drug-likeness (QED) is 0.824. The van der Waals surface area contributed by atoms with Crippen LogP contribution in [0.3, 0.4) is 0 Å². The number of carbonyl (C=O) groups excluding carboxylic acids is 1. The van der Waals surface area contributed by atoms with Crippen molar-refractivity contribution in [2.24, 2.45) is 11.5 Å². The summed E-state index contributed by atoms with van der Waals surface area (Å²) < 4.78 is 27.0. The Hall–Kier alpha value is -0.960. The lowest BCUT2D eigenvalue weighted by Gasteiger charge is -2.30. The van der Waals surface area contributed by atoms with Gasteiger partial charge >= 0.3 is 0 Å². The SMILES string of the molecule is NC(=O)c1cc(Br)cc(S(=O)(=O)N2CCC[C@@H](N)C2)c1. The van der Waals surface area contributed by atoms with Crippen molar-refractivity contribution < 1.29 is 13.2 Å². The zero-order chi connectivity index (χ0) is 14.9. The Bertz CT molecular complexity index is 633. The van der Waals surface area contributed by atoms with Crippen LogP contribution in [-0.2, 0) is 10.0 Å². The lowest BCUT2D eigenvalue weighted by Crippen LogP contribution is -2.45. The van der Waals surface area contributed by atoms with Gasteiger partial charge < -0.3 is 11.5 Å². The van der Waals surface area contributed by atoms with Crippen molar-refractivity contribution in [2.75, 3.05) is 13.1 Å². The number of nitrogens with zero attached hydrogens (tertiary/aromatic N) is 1. The Morgan fingerprint density at radius 3 is 2.65 bits per heavy atom. The number of hydrogen-bond acceptors (Lipinski definition) is 4. The minimum absolute atomic E-state index is 0.0507. The predicted molar refractivity (Wildman–Crippen MR) is 78.6 cm³/mol. The zero-order valence-corrected chi connectivity index (χ0v) is 13.2. The van der Waals surface area contributed by atoms with Gasteiger partial charge in [-0.2, -0.15) is 4.31 Å². The molecule has 0 aromatic heterocycles. The van der Waals surface area contributed by atoms with Crippen LogP contribution in [0, 0.1) is 0 Å². The Morgan fingerprint density at radius 2 is 2.05 bits per heavy atom. The standard InChI is InChI=1S/C12H16BrN3O3S/c13-9-4-8(12(15)17)5-11(6-9)20(18,19)16-3-1-2-10(14)7-16/h4-6,10H,1-3,7,14H2,(H2,15,17)/t10-/m1/s1. The Morgan fingerprint density at radius 1 is 1.35 bits per heavy atom. The molecule has 6 nitrogen and oxygen atoms in total. The van der Waals surface area contributed by atoms with Crippen molar-refractivity contribution in [2.45, 2.75) is 23.8 Å². The number of amides is 1.